The lowest BCUT2D eigenvalue weighted by molar-refractivity contribution is -0.120. The molecule has 1 heterocycles. The standard InChI is InChI=1S/C36H39N3O2/c1-28-12-10-15-32(26-28)41-25-11-24-39-34-17-8-7-16-33(34)38-35(39)18-6-3-9-23-37-36(40)27-29-19-21-31(22-20-29)30-13-4-2-5-14-30/h2,4-5,7-8,10,12-17,19-22,26H,3,6,9,11,18,23-25,27H2,1H3,(H,37,40). The lowest BCUT2D eigenvalue weighted by atomic mass is 10.0. The summed E-state index contributed by atoms with van der Waals surface area (Å²) in [4.78, 5) is 17.4. The van der Waals surface area contributed by atoms with E-state index in [0.29, 0.717) is 19.6 Å². The van der Waals surface area contributed by atoms with Gasteiger partial charge >= 0.3 is 0 Å². The molecular formula is C36H39N3O2. The third-order valence-electron chi connectivity index (χ3n) is 7.34. The zero-order valence-corrected chi connectivity index (χ0v) is 23.9. The molecule has 0 fully saturated rings. The summed E-state index contributed by atoms with van der Waals surface area (Å²) in [6.45, 7) is 4.33. The summed E-state index contributed by atoms with van der Waals surface area (Å²) in [7, 11) is 0. The van der Waals surface area contributed by atoms with Crippen molar-refractivity contribution in [1.82, 2.24) is 14.9 Å². The Balaban J connectivity index is 1.03. The van der Waals surface area contributed by atoms with Gasteiger partial charge in [-0.15, -0.1) is 0 Å². The van der Waals surface area contributed by atoms with Crippen molar-refractivity contribution in [2.24, 2.45) is 0 Å². The van der Waals surface area contributed by atoms with Crippen molar-refractivity contribution in [3.63, 3.8) is 0 Å². The first kappa shape index (κ1) is 28.2. The van der Waals surface area contributed by atoms with Crippen LogP contribution >= 0.6 is 0 Å². The molecule has 1 N–H and O–H groups in total. The molecule has 0 aliphatic heterocycles. The Bertz CT molecular complexity index is 1540. The van der Waals surface area contributed by atoms with Gasteiger partial charge in [0.1, 0.15) is 11.6 Å². The highest BCUT2D eigenvalue weighted by atomic mass is 16.5. The van der Waals surface area contributed by atoms with Crippen LogP contribution in [0, 0.1) is 6.92 Å². The second kappa shape index (κ2) is 14.3. The quantitative estimate of drug-likeness (QED) is 0.147. The predicted octanol–water partition coefficient (Wildman–Crippen LogP) is 7.55. The number of nitrogens with zero attached hydrogens (tertiary/aromatic N) is 2. The van der Waals surface area contributed by atoms with Gasteiger partial charge in [-0.05, 0) is 72.7 Å². The van der Waals surface area contributed by atoms with E-state index in [0.717, 1.165) is 61.3 Å². The number of ether oxygens (including phenoxy) is 1. The number of aromatic nitrogens is 2. The molecule has 0 aliphatic rings. The molecule has 0 atom stereocenters. The second-order valence-electron chi connectivity index (χ2n) is 10.6. The van der Waals surface area contributed by atoms with E-state index in [2.05, 4.69) is 71.4 Å². The number of benzene rings is 4. The van der Waals surface area contributed by atoms with Crippen LogP contribution in [0.3, 0.4) is 0 Å². The maximum atomic E-state index is 12.5. The maximum absolute atomic E-state index is 12.5. The Hall–Kier alpha value is -4.38. The highest BCUT2D eigenvalue weighted by Crippen LogP contribution is 2.20. The highest BCUT2D eigenvalue weighted by molar-refractivity contribution is 5.79. The number of rotatable bonds is 14. The smallest absolute Gasteiger partial charge is 0.224 e. The van der Waals surface area contributed by atoms with E-state index in [4.69, 9.17) is 9.72 Å². The van der Waals surface area contributed by atoms with Crippen molar-refractivity contribution in [3.05, 3.63) is 120 Å². The summed E-state index contributed by atoms with van der Waals surface area (Å²) >= 11 is 0. The Kier molecular flexibility index (Phi) is 9.83. The van der Waals surface area contributed by atoms with Gasteiger partial charge in [-0.2, -0.15) is 0 Å². The van der Waals surface area contributed by atoms with Crippen molar-refractivity contribution in [2.75, 3.05) is 13.2 Å². The van der Waals surface area contributed by atoms with Gasteiger partial charge in [-0.3, -0.25) is 4.79 Å². The molecule has 0 radical (unpaired) electrons. The molecule has 0 spiro atoms. The number of nitrogens with one attached hydrogen (secondary N) is 1. The van der Waals surface area contributed by atoms with Gasteiger partial charge in [-0.1, -0.05) is 85.3 Å². The summed E-state index contributed by atoms with van der Waals surface area (Å²) in [5, 5.41) is 3.09. The zero-order chi connectivity index (χ0) is 28.3. The van der Waals surface area contributed by atoms with E-state index in [1.807, 2.05) is 48.5 Å². The van der Waals surface area contributed by atoms with Crippen molar-refractivity contribution in [1.29, 1.82) is 0 Å². The first-order valence-electron chi connectivity index (χ1n) is 14.7. The van der Waals surface area contributed by atoms with Crippen molar-refractivity contribution in [2.45, 2.75) is 52.0 Å². The van der Waals surface area contributed by atoms with Crippen molar-refractivity contribution >= 4 is 16.9 Å². The van der Waals surface area contributed by atoms with Gasteiger partial charge < -0.3 is 14.6 Å². The van der Waals surface area contributed by atoms with Crippen LogP contribution in [0.5, 0.6) is 5.75 Å². The van der Waals surface area contributed by atoms with Crippen LogP contribution < -0.4 is 10.1 Å². The monoisotopic (exact) mass is 545 g/mol. The van der Waals surface area contributed by atoms with Crippen LogP contribution in [0.1, 0.15) is 42.6 Å². The summed E-state index contributed by atoms with van der Waals surface area (Å²) in [6.07, 6.45) is 5.30. The average molecular weight is 546 g/mol. The van der Waals surface area contributed by atoms with Crippen molar-refractivity contribution < 1.29 is 9.53 Å². The van der Waals surface area contributed by atoms with Crippen LogP contribution in [-0.4, -0.2) is 28.6 Å². The molecule has 1 aromatic heterocycles. The second-order valence-corrected chi connectivity index (χ2v) is 10.6. The van der Waals surface area contributed by atoms with Crippen LogP contribution in [-0.2, 0) is 24.2 Å². The topological polar surface area (TPSA) is 56.1 Å². The summed E-state index contributed by atoms with van der Waals surface area (Å²) in [6, 6.07) is 35.1. The fraction of sp³-hybridized carbons (Fsp3) is 0.278. The summed E-state index contributed by atoms with van der Waals surface area (Å²) in [5.41, 5.74) is 6.82. The number of para-hydroxylation sites is 2. The third-order valence-corrected chi connectivity index (χ3v) is 7.34. The average Bonchev–Trinajstić information content (AvgIpc) is 3.35. The molecule has 0 unspecified atom stereocenters. The molecular weight excluding hydrogens is 506 g/mol. The van der Waals surface area contributed by atoms with Crippen molar-refractivity contribution in [3.8, 4) is 16.9 Å². The largest absolute Gasteiger partial charge is 0.494 e. The molecule has 0 aliphatic carbocycles. The number of unbranched alkanes of at least 4 members (excludes halogenated alkanes) is 2. The molecule has 5 aromatic rings. The third kappa shape index (κ3) is 8.07. The first-order valence-corrected chi connectivity index (χ1v) is 14.7. The molecule has 5 heteroatoms. The Morgan fingerprint density at radius 2 is 1.59 bits per heavy atom. The molecule has 0 saturated carbocycles. The molecule has 210 valence electrons. The van der Waals surface area contributed by atoms with E-state index in [1.165, 1.54) is 22.2 Å². The van der Waals surface area contributed by atoms with E-state index in [9.17, 15) is 4.79 Å². The minimum absolute atomic E-state index is 0.0761. The number of amides is 1. The van der Waals surface area contributed by atoms with Crippen LogP contribution in [0.25, 0.3) is 22.2 Å². The van der Waals surface area contributed by atoms with E-state index >= 15 is 0 Å². The Morgan fingerprint density at radius 3 is 2.41 bits per heavy atom. The molecule has 4 aromatic carbocycles. The van der Waals surface area contributed by atoms with Gasteiger partial charge in [0.15, 0.2) is 0 Å². The summed E-state index contributed by atoms with van der Waals surface area (Å²) < 4.78 is 8.32. The maximum Gasteiger partial charge on any atom is 0.224 e. The van der Waals surface area contributed by atoms with Crippen LogP contribution in [0.15, 0.2) is 103 Å². The SMILES string of the molecule is Cc1cccc(OCCCn2c(CCCCCNC(=O)Cc3ccc(-c4ccccc4)cc3)nc3ccccc32)c1. The van der Waals surface area contributed by atoms with Gasteiger partial charge in [-0.25, -0.2) is 4.98 Å². The summed E-state index contributed by atoms with van der Waals surface area (Å²) in [5.74, 6) is 2.13. The molecule has 0 bridgehead atoms. The van der Waals surface area contributed by atoms with E-state index in [1.54, 1.807) is 0 Å². The van der Waals surface area contributed by atoms with E-state index < -0.39 is 0 Å². The van der Waals surface area contributed by atoms with Gasteiger partial charge in [0.2, 0.25) is 5.91 Å². The zero-order valence-electron chi connectivity index (χ0n) is 23.9. The number of carbonyl (C=O) groups excluding carboxylic acids is 1. The lowest BCUT2D eigenvalue weighted by Crippen LogP contribution is -2.26. The van der Waals surface area contributed by atoms with Gasteiger partial charge in [0, 0.05) is 19.5 Å². The molecule has 0 saturated heterocycles. The fourth-order valence-electron chi connectivity index (χ4n) is 5.19. The number of fused-ring (bicyclic) bond motifs is 1. The number of hydrogen-bond donors (Lipinski definition) is 1. The molecule has 1 amide bonds. The predicted molar refractivity (Wildman–Crippen MR) is 167 cm³/mol. The number of hydrogen-bond acceptors (Lipinski definition) is 3. The Labute approximate surface area is 243 Å². The van der Waals surface area contributed by atoms with E-state index in [-0.39, 0.29) is 5.91 Å². The van der Waals surface area contributed by atoms with Gasteiger partial charge in [0.05, 0.1) is 24.1 Å². The number of aryl methyl sites for hydroxylation is 3. The number of carbonyl (C=O) groups is 1. The number of imidazole rings is 1. The minimum atomic E-state index is 0.0761. The lowest BCUT2D eigenvalue weighted by Gasteiger charge is -2.11. The van der Waals surface area contributed by atoms with Crippen LogP contribution in [0.4, 0.5) is 0 Å². The first-order chi connectivity index (χ1) is 20.2. The highest BCUT2D eigenvalue weighted by Gasteiger charge is 2.10. The fourth-order valence-corrected chi connectivity index (χ4v) is 5.19. The Morgan fingerprint density at radius 1 is 0.805 bits per heavy atom. The molecule has 5 nitrogen and oxygen atoms in total. The normalized spacial score (nSPS) is 11.0. The minimum Gasteiger partial charge on any atom is -0.494 e. The van der Waals surface area contributed by atoms with Crippen LogP contribution in [0.2, 0.25) is 0 Å². The molecule has 41 heavy (non-hydrogen) atoms. The van der Waals surface area contributed by atoms with Gasteiger partial charge in [0.25, 0.3) is 0 Å². The molecule has 5 rings (SSSR count).